The van der Waals surface area contributed by atoms with Gasteiger partial charge in [-0.25, -0.2) is 9.59 Å². The molecule has 1 aliphatic rings. The van der Waals surface area contributed by atoms with Crippen molar-refractivity contribution in [3.05, 3.63) is 71.4 Å². The van der Waals surface area contributed by atoms with Gasteiger partial charge < -0.3 is 20.5 Å². The van der Waals surface area contributed by atoms with Crippen LogP contribution in [0.3, 0.4) is 0 Å². The third kappa shape index (κ3) is 5.34. The lowest BCUT2D eigenvalue weighted by atomic mass is 9.98. The maximum atomic E-state index is 12.6. The van der Waals surface area contributed by atoms with E-state index in [9.17, 15) is 14.4 Å². The Morgan fingerprint density at radius 2 is 1.71 bits per heavy atom. The second-order valence-corrected chi connectivity index (χ2v) is 8.55. The second-order valence-electron chi connectivity index (χ2n) is 8.55. The molecule has 182 valence electrons. The molecule has 2 amide bonds. The van der Waals surface area contributed by atoms with Crippen molar-refractivity contribution in [2.24, 2.45) is 7.05 Å². The van der Waals surface area contributed by atoms with Crippen LogP contribution < -0.4 is 10.6 Å². The molecule has 1 heterocycles. The summed E-state index contributed by atoms with van der Waals surface area (Å²) in [6.07, 6.45) is 0.773. The highest BCUT2D eigenvalue weighted by atomic mass is 16.5. The molecule has 0 aliphatic heterocycles. The number of carbonyl (C=O) groups is 3. The van der Waals surface area contributed by atoms with Gasteiger partial charge in [-0.05, 0) is 28.7 Å². The lowest BCUT2D eigenvalue weighted by molar-refractivity contribution is -0.116. The van der Waals surface area contributed by atoms with Gasteiger partial charge in [-0.15, -0.1) is 0 Å². The highest BCUT2D eigenvalue weighted by Crippen LogP contribution is 2.44. The number of nitrogens with one attached hydrogen (secondary N) is 2. The molecule has 1 atom stereocenters. The molecule has 0 saturated heterocycles. The van der Waals surface area contributed by atoms with E-state index in [-0.39, 0.29) is 36.4 Å². The molecule has 0 radical (unpaired) electrons. The molecule has 3 aromatic rings. The van der Waals surface area contributed by atoms with Crippen molar-refractivity contribution in [2.75, 3.05) is 11.9 Å². The summed E-state index contributed by atoms with van der Waals surface area (Å²) in [5, 5.41) is 18.5. The van der Waals surface area contributed by atoms with Crippen molar-refractivity contribution < 1.29 is 24.2 Å². The fraction of sp³-hybridized carbons (Fsp3) is 0.308. The monoisotopic (exact) mass is 476 g/mol. The first-order valence-corrected chi connectivity index (χ1v) is 11.6. The molecule has 3 N–H and O–H groups in total. The number of amides is 2. The van der Waals surface area contributed by atoms with Crippen LogP contribution in [0.25, 0.3) is 11.1 Å². The molecule has 1 unspecified atom stereocenters. The number of hydrogen-bond acceptors (Lipinski definition) is 5. The first-order chi connectivity index (χ1) is 16.9. The second kappa shape index (κ2) is 10.4. The molecule has 4 rings (SSSR count). The zero-order valence-electron chi connectivity index (χ0n) is 19.7. The zero-order valence-corrected chi connectivity index (χ0v) is 19.7. The number of nitrogens with zero attached hydrogens (tertiary/aromatic N) is 2. The van der Waals surface area contributed by atoms with E-state index in [1.165, 1.54) is 17.8 Å². The van der Waals surface area contributed by atoms with Gasteiger partial charge in [-0.1, -0.05) is 61.9 Å². The van der Waals surface area contributed by atoms with Crippen molar-refractivity contribution in [1.29, 1.82) is 0 Å². The predicted molar refractivity (Wildman–Crippen MR) is 130 cm³/mol. The number of aryl methyl sites for hydroxylation is 1. The number of rotatable bonds is 9. The maximum Gasteiger partial charge on any atom is 0.407 e. The van der Waals surface area contributed by atoms with Crippen LogP contribution in [0.5, 0.6) is 0 Å². The van der Waals surface area contributed by atoms with E-state index in [0.29, 0.717) is 6.42 Å². The molecule has 9 heteroatoms. The molecular formula is C26H28N4O5. The summed E-state index contributed by atoms with van der Waals surface area (Å²) < 4.78 is 6.78. The van der Waals surface area contributed by atoms with Crippen LogP contribution in [-0.4, -0.2) is 45.5 Å². The summed E-state index contributed by atoms with van der Waals surface area (Å²) in [7, 11) is 1.48. The summed E-state index contributed by atoms with van der Waals surface area (Å²) in [4.78, 5) is 36.3. The van der Waals surface area contributed by atoms with Gasteiger partial charge in [-0.2, -0.15) is 5.10 Å². The Labute approximate surface area is 203 Å². The van der Waals surface area contributed by atoms with Crippen LogP contribution in [0.15, 0.2) is 54.6 Å². The molecule has 0 bridgehead atoms. The average Bonchev–Trinajstić information content (AvgIpc) is 3.35. The lowest BCUT2D eigenvalue weighted by Gasteiger charge is -2.19. The largest absolute Gasteiger partial charge is 0.477 e. The number of carboxylic acid groups (broad SMARTS) is 1. The Balaban J connectivity index is 1.35. The number of alkyl carbamates (subject to hydrolysis) is 1. The third-order valence-electron chi connectivity index (χ3n) is 6.10. The summed E-state index contributed by atoms with van der Waals surface area (Å²) in [6.45, 7) is 2.15. The Morgan fingerprint density at radius 3 is 2.29 bits per heavy atom. The number of carboxylic acids is 1. The van der Waals surface area contributed by atoms with Crippen molar-refractivity contribution in [3.8, 4) is 11.1 Å². The van der Waals surface area contributed by atoms with E-state index in [1.807, 2.05) is 31.2 Å². The number of fused-ring (bicyclic) bond motifs is 3. The first-order valence-electron chi connectivity index (χ1n) is 11.6. The van der Waals surface area contributed by atoms with Crippen molar-refractivity contribution in [1.82, 2.24) is 15.1 Å². The van der Waals surface area contributed by atoms with Gasteiger partial charge in [0.2, 0.25) is 5.91 Å². The van der Waals surface area contributed by atoms with Gasteiger partial charge in [0.15, 0.2) is 5.82 Å². The van der Waals surface area contributed by atoms with Crippen molar-refractivity contribution in [3.63, 3.8) is 0 Å². The number of hydrogen-bond donors (Lipinski definition) is 3. The average molecular weight is 477 g/mol. The van der Waals surface area contributed by atoms with Crippen LogP contribution in [0, 0.1) is 0 Å². The van der Waals surface area contributed by atoms with E-state index in [4.69, 9.17) is 9.84 Å². The molecule has 2 aromatic carbocycles. The van der Waals surface area contributed by atoms with Crippen LogP contribution in [0.1, 0.15) is 53.7 Å². The quantitative estimate of drug-likeness (QED) is 0.426. The van der Waals surface area contributed by atoms with E-state index < -0.39 is 18.1 Å². The number of aromatic nitrogens is 2. The van der Waals surface area contributed by atoms with Crippen LogP contribution in [-0.2, 0) is 16.6 Å². The number of ether oxygens (including phenoxy) is 1. The first kappa shape index (κ1) is 24.0. The number of anilines is 1. The highest BCUT2D eigenvalue weighted by Gasteiger charge is 2.29. The minimum atomic E-state index is -1.14. The van der Waals surface area contributed by atoms with Gasteiger partial charge >= 0.3 is 12.1 Å². The number of benzene rings is 2. The van der Waals surface area contributed by atoms with Crippen LogP contribution >= 0.6 is 0 Å². The third-order valence-corrected chi connectivity index (χ3v) is 6.10. The Morgan fingerprint density at radius 1 is 1.09 bits per heavy atom. The fourth-order valence-corrected chi connectivity index (χ4v) is 4.53. The molecule has 0 fully saturated rings. The molecule has 0 spiro atoms. The zero-order chi connectivity index (χ0) is 24.9. The highest BCUT2D eigenvalue weighted by molar-refractivity contribution is 5.92. The maximum absolute atomic E-state index is 12.6. The molecule has 0 saturated carbocycles. The number of aromatic carboxylic acids is 1. The molecule has 35 heavy (non-hydrogen) atoms. The summed E-state index contributed by atoms with van der Waals surface area (Å²) in [6, 6.07) is 17.1. The van der Waals surface area contributed by atoms with E-state index >= 15 is 0 Å². The van der Waals surface area contributed by atoms with Gasteiger partial charge in [0.25, 0.3) is 0 Å². The molecule has 1 aliphatic carbocycles. The van der Waals surface area contributed by atoms with Gasteiger partial charge in [0, 0.05) is 31.5 Å². The van der Waals surface area contributed by atoms with E-state index in [1.54, 1.807) is 0 Å². The minimum Gasteiger partial charge on any atom is -0.477 e. The fourth-order valence-electron chi connectivity index (χ4n) is 4.53. The normalized spacial score (nSPS) is 13.0. The van der Waals surface area contributed by atoms with E-state index in [2.05, 4.69) is 40.0 Å². The summed E-state index contributed by atoms with van der Waals surface area (Å²) in [5.74, 6) is -1.42. The number of carbonyl (C=O) groups excluding carboxylic acids is 2. The van der Waals surface area contributed by atoms with Crippen molar-refractivity contribution >= 4 is 23.8 Å². The van der Waals surface area contributed by atoms with Crippen LogP contribution in [0.2, 0.25) is 0 Å². The van der Waals surface area contributed by atoms with Gasteiger partial charge in [0.05, 0.1) is 0 Å². The Kier molecular flexibility index (Phi) is 7.14. The van der Waals surface area contributed by atoms with Gasteiger partial charge in [0.1, 0.15) is 12.3 Å². The Hall–Kier alpha value is -4.14. The molecular weight excluding hydrogens is 448 g/mol. The minimum absolute atomic E-state index is 0.0109. The summed E-state index contributed by atoms with van der Waals surface area (Å²) in [5.41, 5.74) is 4.52. The smallest absolute Gasteiger partial charge is 0.407 e. The SMILES string of the molecule is CCCC(CC(=O)Nc1cc(C(=O)O)n(C)n1)NC(=O)OCC1c2ccccc2-c2ccccc21. The van der Waals surface area contributed by atoms with E-state index in [0.717, 1.165) is 28.7 Å². The standard InChI is InChI=1S/C26H28N4O5/c1-3-8-16(13-24(31)28-23-14-22(25(32)33)30(2)29-23)27-26(34)35-15-21-19-11-6-4-9-17(19)18-10-5-7-12-20(18)21/h4-7,9-12,14,16,21H,3,8,13,15H2,1-2H3,(H,27,34)(H,32,33)(H,28,29,31). The lowest BCUT2D eigenvalue weighted by Crippen LogP contribution is -2.38. The topological polar surface area (TPSA) is 123 Å². The Bertz CT molecular complexity index is 1210. The molecule has 1 aromatic heterocycles. The van der Waals surface area contributed by atoms with Crippen LogP contribution in [0.4, 0.5) is 10.6 Å². The summed E-state index contributed by atoms with van der Waals surface area (Å²) >= 11 is 0. The molecule has 9 nitrogen and oxygen atoms in total. The van der Waals surface area contributed by atoms with Gasteiger partial charge in [-0.3, -0.25) is 9.48 Å². The van der Waals surface area contributed by atoms with Crippen molar-refractivity contribution in [2.45, 2.75) is 38.1 Å². The predicted octanol–water partition coefficient (Wildman–Crippen LogP) is 4.15.